The highest BCUT2D eigenvalue weighted by Gasteiger charge is 2.31. The molecule has 1 aromatic carbocycles. The third-order valence-electron chi connectivity index (χ3n) is 3.64. The summed E-state index contributed by atoms with van der Waals surface area (Å²) in [5, 5.41) is 9.89. The Bertz CT molecular complexity index is 576. The second-order valence-corrected chi connectivity index (χ2v) is 5.32. The van der Waals surface area contributed by atoms with E-state index in [9.17, 15) is 9.50 Å². The molecule has 0 aliphatic heterocycles. The zero-order valence-corrected chi connectivity index (χ0v) is 11.4. The number of furan rings is 1. The second kappa shape index (κ2) is 5.29. The quantitative estimate of drug-likeness (QED) is 0.905. The van der Waals surface area contributed by atoms with Crippen LogP contribution in [-0.4, -0.2) is 11.1 Å². The summed E-state index contributed by atoms with van der Waals surface area (Å²) in [7, 11) is 0. The Kier molecular flexibility index (Phi) is 3.49. The molecule has 0 amide bonds. The van der Waals surface area contributed by atoms with Crippen molar-refractivity contribution in [2.45, 2.75) is 38.5 Å². The van der Waals surface area contributed by atoms with Crippen LogP contribution in [0.15, 0.2) is 41.0 Å². The Morgan fingerprint density at radius 3 is 2.80 bits per heavy atom. The van der Waals surface area contributed by atoms with Crippen LogP contribution in [0.5, 0.6) is 0 Å². The molecule has 1 atom stereocenters. The minimum absolute atomic E-state index is 0.321. The molecular formula is C16H18FNO2. The lowest BCUT2D eigenvalue weighted by atomic mass is 10.1. The highest BCUT2D eigenvalue weighted by atomic mass is 19.1. The number of benzene rings is 1. The molecule has 1 fully saturated rings. The smallest absolute Gasteiger partial charge is 0.123 e. The SMILES string of the molecule is C[C@@H](O)c1cc(F)ccc1N(Cc1ccco1)C1CC1. The van der Waals surface area contributed by atoms with E-state index in [1.165, 1.54) is 12.1 Å². The van der Waals surface area contributed by atoms with E-state index in [0.717, 1.165) is 24.3 Å². The van der Waals surface area contributed by atoms with Crippen LogP contribution in [0.3, 0.4) is 0 Å². The number of hydrogen-bond acceptors (Lipinski definition) is 3. The van der Waals surface area contributed by atoms with Crippen LogP contribution in [0.4, 0.5) is 10.1 Å². The number of nitrogens with zero attached hydrogens (tertiary/aromatic N) is 1. The van der Waals surface area contributed by atoms with Gasteiger partial charge in [0.15, 0.2) is 0 Å². The van der Waals surface area contributed by atoms with E-state index in [0.29, 0.717) is 18.2 Å². The fourth-order valence-corrected chi connectivity index (χ4v) is 2.49. The fraction of sp³-hybridized carbons (Fsp3) is 0.375. The molecule has 3 nitrogen and oxygen atoms in total. The highest BCUT2D eigenvalue weighted by Crippen LogP contribution is 2.37. The Balaban J connectivity index is 1.95. The van der Waals surface area contributed by atoms with Gasteiger partial charge in [-0.15, -0.1) is 0 Å². The van der Waals surface area contributed by atoms with Gasteiger partial charge in [0.2, 0.25) is 0 Å². The average molecular weight is 275 g/mol. The molecule has 0 bridgehead atoms. The summed E-state index contributed by atoms with van der Waals surface area (Å²) in [4.78, 5) is 2.19. The van der Waals surface area contributed by atoms with Gasteiger partial charge in [0.1, 0.15) is 11.6 Å². The van der Waals surface area contributed by atoms with Crippen molar-refractivity contribution in [2.24, 2.45) is 0 Å². The van der Waals surface area contributed by atoms with Gasteiger partial charge in [0, 0.05) is 17.3 Å². The Labute approximate surface area is 117 Å². The number of anilines is 1. The fourth-order valence-electron chi connectivity index (χ4n) is 2.49. The Morgan fingerprint density at radius 1 is 1.40 bits per heavy atom. The predicted octanol–water partition coefficient (Wildman–Crippen LogP) is 3.64. The molecule has 1 aliphatic carbocycles. The molecule has 106 valence electrons. The van der Waals surface area contributed by atoms with Crippen molar-refractivity contribution in [3.63, 3.8) is 0 Å². The normalized spacial score (nSPS) is 16.1. The number of rotatable bonds is 5. The van der Waals surface area contributed by atoms with Crippen molar-refractivity contribution < 1.29 is 13.9 Å². The van der Waals surface area contributed by atoms with Crippen LogP contribution in [0.1, 0.15) is 37.2 Å². The molecule has 2 aromatic rings. The van der Waals surface area contributed by atoms with Crippen molar-refractivity contribution in [1.29, 1.82) is 0 Å². The molecular weight excluding hydrogens is 257 g/mol. The molecule has 0 radical (unpaired) electrons. The van der Waals surface area contributed by atoms with Gasteiger partial charge in [0.25, 0.3) is 0 Å². The van der Waals surface area contributed by atoms with Crippen LogP contribution in [0.2, 0.25) is 0 Å². The minimum Gasteiger partial charge on any atom is -0.467 e. The van der Waals surface area contributed by atoms with E-state index in [4.69, 9.17) is 4.42 Å². The second-order valence-electron chi connectivity index (χ2n) is 5.32. The largest absolute Gasteiger partial charge is 0.467 e. The zero-order valence-electron chi connectivity index (χ0n) is 11.4. The maximum absolute atomic E-state index is 13.4. The molecule has 0 spiro atoms. The first-order valence-corrected chi connectivity index (χ1v) is 6.91. The number of aliphatic hydroxyl groups is 1. The summed E-state index contributed by atoms with van der Waals surface area (Å²) < 4.78 is 18.8. The number of aliphatic hydroxyl groups excluding tert-OH is 1. The van der Waals surface area contributed by atoms with Crippen molar-refractivity contribution in [3.05, 3.63) is 53.7 Å². The number of halogens is 1. The summed E-state index contributed by atoms with van der Waals surface area (Å²) >= 11 is 0. The van der Waals surface area contributed by atoms with Gasteiger partial charge in [-0.05, 0) is 50.1 Å². The molecule has 4 heteroatoms. The van der Waals surface area contributed by atoms with E-state index >= 15 is 0 Å². The Morgan fingerprint density at radius 2 is 2.20 bits per heavy atom. The first-order chi connectivity index (χ1) is 9.65. The van der Waals surface area contributed by atoms with E-state index in [2.05, 4.69) is 4.90 Å². The molecule has 1 aliphatic rings. The van der Waals surface area contributed by atoms with Crippen LogP contribution >= 0.6 is 0 Å². The topological polar surface area (TPSA) is 36.6 Å². The predicted molar refractivity (Wildman–Crippen MR) is 74.9 cm³/mol. The Hall–Kier alpha value is -1.81. The van der Waals surface area contributed by atoms with Gasteiger partial charge in [0.05, 0.1) is 18.9 Å². The standard InChI is InChI=1S/C16H18FNO2/c1-11(19)15-9-12(17)4-7-16(15)18(13-5-6-13)10-14-3-2-8-20-14/h2-4,7-9,11,13,19H,5-6,10H2,1H3/t11-/m1/s1. The first kappa shape index (κ1) is 13.2. The van der Waals surface area contributed by atoms with Crippen LogP contribution in [0.25, 0.3) is 0 Å². The minimum atomic E-state index is -0.696. The van der Waals surface area contributed by atoms with Crippen LogP contribution < -0.4 is 4.90 Å². The van der Waals surface area contributed by atoms with Crippen LogP contribution in [0, 0.1) is 5.82 Å². The van der Waals surface area contributed by atoms with Gasteiger partial charge in [-0.3, -0.25) is 0 Å². The van der Waals surface area contributed by atoms with Crippen molar-refractivity contribution in [3.8, 4) is 0 Å². The summed E-state index contributed by atoms with van der Waals surface area (Å²) in [6.45, 7) is 2.30. The monoisotopic (exact) mass is 275 g/mol. The summed E-state index contributed by atoms with van der Waals surface area (Å²) in [6, 6.07) is 8.85. The molecule has 0 saturated heterocycles. The maximum Gasteiger partial charge on any atom is 0.123 e. The van der Waals surface area contributed by atoms with Crippen LogP contribution in [-0.2, 0) is 6.54 Å². The lowest BCUT2D eigenvalue weighted by Gasteiger charge is -2.27. The number of hydrogen-bond donors (Lipinski definition) is 1. The molecule has 0 unspecified atom stereocenters. The molecule has 1 saturated carbocycles. The highest BCUT2D eigenvalue weighted by molar-refractivity contribution is 5.56. The third-order valence-corrected chi connectivity index (χ3v) is 3.64. The van der Waals surface area contributed by atoms with Crippen molar-refractivity contribution >= 4 is 5.69 Å². The maximum atomic E-state index is 13.4. The average Bonchev–Trinajstić information content (AvgIpc) is 3.13. The van der Waals surface area contributed by atoms with Crippen molar-refractivity contribution in [2.75, 3.05) is 4.90 Å². The molecule has 20 heavy (non-hydrogen) atoms. The van der Waals surface area contributed by atoms with Gasteiger partial charge in [-0.25, -0.2) is 4.39 Å². The van der Waals surface area contributed by atoms with E-state index < -0.39 is 6.10 Å². The van der Waals surface area contributed by atoms with E-state index in [1.54, 1.807) is 19.3 Å². The molecule has 3 rings (SSSR count). The summed E-state index contributed by atoms with van der Waals surface area (Å²) in [5.74, 6) is 0.552. The van der Waals surface area contributed by atoms with Gasteiger partial charge < -0.3 is 14.4 Å². The van der Waals surface area contributed by atoms with Crippen molar-refractivity contribution in [1.82, 2.24) is 0 Å². The van der Waals surface area contributed by atoms with E-state index in [1.807, 2.05) is 12.1 Å². The zero-order chi connectivity index (χ0) is 14.1. The van der Waals surface area contributed by atoms with E-state index in [-0.39, 0.29) is 5.82 Å². The van der Waals surface area contributed by atoms with Gasteiger partial charge in [-0.2, -0.15) is 0 Å². The summed E-state index contributed by atoms with van der Waals surface area (Å²) in [5.41, 5.74) is 1.52. The summed E-state index contributed by atoms with van der Waals surface area (Å²) in [6.07, 6.45) is 3.20. The lowest BCUT2D eigenvalue weighted by Crippen LogP contribution is -2.26. The first-order valence-electron chi connectivity index (χ1n) is 6.91. The third kappa shape index (κ3) is 2.70. The van der Waals surface area contributed by atoms with Gasteiger partial charge >= 0.3 is 0 Å². The molecule has 1 N–H and O–H groups in total. The lowest BCUT2D eigenvalue weighted by molar-refractivity contribution is 0.199. The molecule has 1 heterocycles. The van der Waals surface area contributed by atoms with Gasteiger partial charge in [-0.1, -0.05) is 0 Å². The molecule has 1 aromatic heterocycles.